The van der Waals surface area contributed by atoms with Crippen LogP contribution in [0.2, 0.25) is 0 Å². The predicted octanol–water partition coefficient (Wildman–Crippen LogP) is 1.68. The Morgan fingerprint density at radius 1 is 1.22 bits per heavy atom. The molecule has 36 heavy (non-hydrogen) atoms. The molecule has 1 fully saturated rings. The number of aromatic nitrogens is 3. The van der Waals surface area contributed by atoms with Gasteiger partial charge in [0.2, 0.25) is 0 Å². The highest BCUT2D eigenvalue weighted by Gasteiger charge is 2.43. The van der Waals surface area contributed by atoms with E-state index in [0.717, 1.165) is 0 Å². The summed E-state index contributed by atoms with van der Waals surface area (Å²) in [7, 11) is -16.5. The van der Waals surface area contributed by atoms with E-state index < -0.39 is 48.5 Å². The lowest BCUT2D eigenvalue weighted by atomic mass is 10.2. The molecule has 0 aliphatic carbocycles. The first kappa shape index (κ1) is 29.2. The van der Waals surface area contributed by atoms with Crippen LogP contribution >= 0.6 is 36.1 Å². The summed E-state index contributed by atoms with van der Waals surface area (Å²) < 4.78 is 59.6. The van der Waals surface area contributed by atoms with E-state index >= 15 is 0 Å². The number of nitrogen functional groups attached to an aromatic ring is 1. The van der Waals surface area contributed by atoms with E-state index in [-0.39, 0.29) is 18.2 Å². The zero-order valence-corrected chi connectivity index (χ0v) is 22.1. The maximum atomic E-state index is 12.1. The number of hydrogen-bond donors (Lipinski definition) is 6. The summed E-state index contributed by atoms with van der Waals surface area (Å²) in [5, 5.41) is 0.519. The largest absolute Gasteiger partial charge is 0.490 e. The lowest BCUT2D eigenvalue weighted by Crippen LogP contribution is -2.28. The van der Waals surface area contributed by atoms with Crippen molar-refractivity contribution in [3.63, 3.8) is 0 Å². The maximum absolute atomic E-state index is 12.1. The molecule has 3 unspecified atom stereocenters. The van der Waals surface area contributed by atoms with Gasteiger partial charge in [-0.05, 0) is 0 Å². The molecule has 16 nitrogen and oxygen atoms in total. The van der Waals surface area contributed by atoms with Crippen LogP contribution in [-0.4, -0.2) is 58.9 Å². The number of ether oxygens (including phenoxy) is 2. The number of thiol groups is 1. The minimum atomic E-state index is -5.65. The Bertz CT molecular complexity index is 1310. The summed E-state index contributed by atoms with van der Waals surface area (Å²) in [5.74, 6) is 6.12. The Hall–Kier alpha value is -1.34. The highest BCUT2D eigenvalue weighted by molar-refractivity contribution is 7.80. The molecule has 2 aromatic rings. The highest BCUT2D eigenvalue weighted by atomic mass is 32.1. The molecule has 1 saturated heterocycles. The smallest absolute Gasteiger partial charge is 0.383 e. The molecular weight excluding hydrogens is 565 g/mol. The van der Waals surface area contributed by atoms with Crippen molar-refractivity contribution < 1.29 is 55.9 Å². The SMILES string of the molecule is CCC#Cc1cn([C@H]2CC(OCS)[C@@H](COP(=O)(O)OP(=O)(O)OP(=O)(O)O)O2)c2ncnc(N)c12. The first-order valence-electron chi connectivity index (χ1n) is 10.0. The van der Waals surface area contributed by atoms with Crippen LogP contribution in [0.1, 0.15) is 31.6 Å². The summed E-state index contributed by atoms with van der Waals surface area (Å²) in [6.07, 6.45) is 1.30. The van der Waals surface area contributed by atoms with Gasteiger partial charge in [0.25, 0.3) is 0 Å². The van der Waals surface area contributed by atoms with Crippen LogP contribution in [0.15, 0.2) is 12.5 Å². The third-order valence-electron chi connectivity index (χ3n) is 4.64. The Kier molecular flexibility index (Phi) is 9.41. The minimum absolute atomic E-state index is 0.0404. The van der Waals surface area contributed by atoms with Gasteiger partial charge in [-0.2, -0.15) is 21.3 Å². The summed E-state index contributed by atoms with van der Waals surface area (Å²) >= 11 is 4.02. The van der Waals surface area contributed by atoms with Gasteiger partial charge in [0.1, 0.15) is 30.1 Å². The average Bonchev–Trinajstić information content (AvgIpc) is 3.30. The molecule has 1 aliphatic rings. The zero-order valence-electron chi connectivity index (χ0n) is 18.5. The molecule has 0 radical (unpaired) electrons. The Labute approximate surface area is 210 Å². The van der Waals surface area contributed by atoms with E-state index in [1.54, 1.807) is 10.8 Å². The molecule has 0 bridgehead atoms. The van der Waals surface area contributed by atoms with E-state index in [1.165, 1.54) is 6.33 Å². The summed E-state index contributed by atoms with van der Waals surface area (Å²) in [6.45, 7) is 1.20. The van der Waals surface area contributed by atoms with Gasteiger partial charge in [-0.25, -0.2) is 23.7 Å². The molecule has 6 N–H and O–H groups in total. The molecule has 0 saturated carbocycles. The van der Waals surface area contributed by atoms with Crippen LogP contribution < -0.4 is 5.73 Å². The first-order chi connectivity index (χ1) is 16.8. The van der Waals surface area contributed by atoms with Gasteiger partial charge in [-0.3, -0.25) is 4.52 Å². The Morgan fingerprint density at radius 2 is 1.94 bits per heavy atom. The number of hydrogen-bond acceptors (Lipinski definition) is 12. The molecule has 20 heteroatoms. The van der Waals surface area contributed by atoms with Gasteiger partial charge < -0.3 is 39.3 Å². The third-order valence-corrected chi connectivity index (χ3v) is 8.59. The highest BCUT2D eigenvalue weighted by Crippen LogP contribution is 2.66. The molecule has 0 amide bonds. The van der Waals surface area contributed by atoms with Gasteiger partial charge in [0.05, 0.1) is 29.6 Å². The topological polar surface area (TPSA) is 235 Å². The van der Waals surface area contributed by atoms with Crippen molar-refractivity contribution in [2.24, 2.45) is 0 Å². The number of phosphoric ester groups is 1. The van der Waals surface area contributed by atoms with Crippen molar-refractivity contribution in [1.82, 2.24) is 14.5 Å². The van der Waals surface area contributed by atoms with Gasteiger partial charge in [0.15, 0.2) is 0 Å². The quantitative estimate of drug-likeness (QED) is 0.100. The minimum Gasteiger partial charge on any atom is -0.383 e. The standard InChI is InChI=1S/C16H23N4O12P3S/c1-2-3-4-10-6-20(16-14(10)15(17)18-8-19-16)13-5-11(28-9-36)12(30-13)7-29-34(24,25)32-35(26,27)31-33(21,22)23/h6,8,11-13,36H,2,5,7,9H2,1H3,(H,24,25)(H,26,27)(H2,17,18,19)(H2,21,22,23)/t11?,12-,13-/m1/s1. The molecule has 200 valence electrons. The van der Waals surface area contributed by atoms with Crippen molar-refractivity contribution in [3.05, 3.63) is 18.1 Å². The molecule has 3 rings (SSSR count). The van der Waals surface area contributed by atoms with Crippen LogP contribution in [0.25, 0.3) is 11.0 Å². The second-order valence-electron chi connectivity index (χ2n) is 7.15. The molecule has 5 atom stereocenters. The number of phosphoric acid groups is 3. The number of nitrogens with two attached hydrogens (primary N) is 1. The van der Waals surface area contributed by atoms with Crippen molar-refractivity contribution in [2.45, 2.75) is 38.2 Å². The van der Waals surface area contributed by atoms with Crippen molar-refractivity contribution in [2.75, 3.05) is 18.3 Å². The number of rotatable bonds is 10. The zero-order chi connectivity index (χ0) is 26.7. The lowest BCUT2D eigenvalue weighted by Gasteiger charge is -2.20. The van der Waals surface area contributed by atoms with Crippen LogP contribution in [0, 0.1) is 11.8 Å². The van der Waals surface area contributed by atoms with E-state index in [9.17, 15) is 23.5 Å². The number of anilines is 1. The monoisotopic (exact) mass is 588 g/mol. The summed E-state index contributed by atoms with van der Waals surface area (Å²) in [5.41, 5.74) is 7.01. The van der Waals surface area contributed by atoms with Gasteiger partial charge in [-0.1, -0.05) is 18.8 Å². The summed E-state index contributed by atoms with van der Waals surface area (Å²) in [6, 6.07) is 0. The molecule has 2 aromatic heterocycles. The van der Waals surface area contributed by atoms with Crippen molar-refractivity contribution in [1.29, 1.82) is 0 Å². The van der Waals surface area contributed by atoms with E-state index in [0.29, 0.717) is 23.0 Å². The molecular formula is C16H23N4O12P3S. The van der Waals surface area contributed by atoms with Gasteiger partial charge >= 0.3 is 23.5 Å². The Morgan fingerprint density at radius 3 is 2.58 bits per heavy atom. The first-order valence-corrected chi connectivity index (χ1v) is 15.2. The Balaban J connectivity index is 1.80. The van der Waals surface area contributed by atoms with Crippen molar-refractivity contribution >= 4 is 52.9 Å². The van der Waals surface area contributed by atoms with E-state index in [4.69, 9.17) is 29.5 Å². The molecule has 0 aromatic carbocycles. The normalized spacial score (nSPS) is 23.7. The van der Waals surface area contributed by atoms with Crippen LogP contribution in [0.4, 0.5) is 5.82 Å². The molecule has 3 heterocycles. The van der Waals surface area contributed by atoms with Crippen molar-refractivity contribution in [3.8, 4) is 11.8 Å². The van der Waals surface area contributed by atoms with Crippen LogP contribution in [0.3, 0.4) is 0 Å². The fourth-order valence-electron chi connectivity index (χ4n) is 3.37. The third kappa shape index (κ3) is 7.59. The second-order valence-corrected chi connectivity index (χ2v) is 11.8. The lowest BCUT2D eigenvalue weighted by molar-refractivity contribution is -0.0520. The average molecular weight is 588 g/mol. The van der Waals surface area contributed by atoms with Crippen LogP contribution in [-0.2, 0) is 36.3 Å². The van der Waals surface area contributed by atoms with E-state index in [2.05, 4.69) is 43.1 Å². The van der Waals surface area contributed by atoms with Gasteiger partial charge in [-0.15, -0.1) is 0 Å². The fraction of sp³-hybridized carbons (Fsp3) is 0.500. The molecule has 0 spiro atoms. The fourth-order valence-corrected chi connectivity index (χ4v) is 6.59. The maximum Gasteiger partial charge on any atom is 0.490 e. The summed E-state index contributed by atoms with van der Waals surface area (Å²) in [4.78, 5) is 44.5. The molecule has 1 aliphatic heterocycles. The second kappa shape index (κ2) is 11.6. The predicted molar refractivity (Wildman–Crippen MR) is 126 cm³/mol. The van der Waals surface area contributed by atoms with Gasteiger partial charge in [0, 0.05) is 19.0 Å². The number of fused-ring (bicyclic) bond motifs is 1. The number of nitrogens with zero attached hydrogens (tertiary/aromatic N) is 3. The van der Waals surface area contributed by atoms with Crippen LogP contribution in [0.5, 0.6) is 0 Å². The van der Waals surface area contributed by atoms with E-state index in [1.807, 2.05) is 6.92 Å².